The Kier molecular flexibility index (Phi) is 5.73. The van der Waals surface area contributed by atoms with Gasteiger partial charge in [-0.3, -0.25) is 9.97 Å². The normalized spacial score (nSPS) is 9.00. The third kappa shape index (κ3) is 4.86. The molecule has 2 nitrogen and oxygen atoms in total. The molecule has 1 radical (unpaired) electrons. The lowest BCUT2D eigenvalue weighted by atomic mass is 10.2. The Hall–Kier alpha value is -2.74. The van der Waals surface area contributed by atoms with E-state index in [9.17, 15) is 0 Å². The molecule has 0 N–H and O–H groups in total. The lowest BCUT2D eigenvalue weighted by molar-refractivity contribution is 1.29. The van der Waals surface area contributed by atoms with Gasteiger partial charge in [-0.25, -0.2) is 0 Å². The summed E-state index contributed by atoms with van der Waals surface area (Å²) in [6.45, 7) is 0. The van der Waals surface area contributed by atoms with Crippen LogP contribution < -0.4 is 0 Å². The molecule has 0 saturated carbocycles. The summed E-state index contributed by atoms with van der Waals surface area (Å²) in [4.78, 5) is 8.56. The Morgan fingerprint density at radius 2 is 1.20 bits per heavy atom. The number of hydrogen-bond acceptors (Lipinski definition) is 2. The molecule has 2 heterocycles. The van der Waals surface area contributed by atoms with Crippen molar-refractivity contribution in [2.45, 2.75) is 0 Å². The van der Waals surface area contributed by atoms with E-state index < -0.39 is 0 Å². The summed E-state index contributed by atoms with van der Waals surface area (Å²) in [5.41, 5.74) is 1.65. The van der Waals surface area contributed by atoms with Gasteiger partial charge in [0.2, 0.25) is 0 Å². The number of aromatic nitrogens is 2. The van der Waals surface area contributed by atoms with Crippen molar-refractivity contribution < 1.29 is 0 Å². The first kappa shape index (κ1) is 13.7. The molecule has 97 valence electrons. The second-order valence-corrected chi connectivity index (χ2v) is 3.92. The van der Waals surface area contributed by atoms with E-state index in [1.165, 1.54) is 0 Å². The van der Waals surface area contributed by atoms with Crippen molar-refractivity contribution in [1.29, 1.82) is 0 Å². The molecule has 2 aromatic heterocycles. The van der Waals surface area contributed by atoms with E-state index in [1.54, 1.807) is 12.4 Å². The zero-order valence-corrected chi connectivity index (χ0v) is 11.1. The molecular weight excluding hydrogens is 244 g/mol. The summed E-state index contributed by atoms with van der Waals surface area (Å²) in [5, 5.41) is 0. The minimum atomic E-state index is 0.813. The average Bonchev–Trinajstić information content (AvgIpc) is 2.50. The van der Waals surface area contributed by atoms with Crippen LogP contribution in [0.5, 0.6) is 0 Å². The molecule has 0 bridgehead atoms. The second-order valence-electron chi connectivity index (χ2n) is 3.92. The molecule has 0 aliphatic heterocycles. The molecule has 2 rings (SSSR count). The fraction of sp³-hybridized carbons (Fsp3) is 0. The highest BCUT2D eigenvalue weighted by Crippen LogP contribution is 2.10. The molecule has 0 amide bonds. The smallest absolute Gasteiger partial charge is 0.0987 e. The maximum absolute atomic E-state index is 4.43. The van der Waals surface area contributed by atoms with Gasteiger partial charge in [-0.05, 0) is 18.2 Å². The topological polar surface area (TPSA) is 25.8 Å². The van der Waals surface area contributed by atoms with Gasteiger partial charge in [0.1, 0.15) is 0 Å². The van der Waals surface area contributed by atoms with Crippen molar-refractivity contribution in [3.8, 4) is 11.3 Å². The van der Waals surface area contributed by atoms with E-state index >= 15 is 0 Å². The van der Waals surface area contributed by atoms with E-state index in [2.05, 4.69) is 16.2 Å². The van der Waals surface area contributed by atoms with Gasteiger partial charge in [0.05, 0.1) is 11.9 Å². The van der Waals surface area contributed by atoms with Crippen LogP contribution in [0.4, 0.5) is 0 Å². The molecular formula is C18H15N2. The quantitative estimate of drug-likeness (QED) is 0.767. The van der Waals surface area contributed by atoms with Crippen molar-refractivity contribution >= 4 is 0 Å². The SMILES string of the molecule is [c]1ncccccccc1-c1ccccccccn1. The standard InChI is InChI=1S/C18H15N2/c1-2-7-11-15-20-18(13-9-5-1)17-12-8-4-3-6-10-14-19-16-17/h1-15H. The molecule has 2 heteroatoms. The molecule has 0 aliphatic carbocycles. The Morgan fingerprint density at radius 1 is 0.600 bits per heavy atom. The summed E-state index contributed by atoms with van der Waals surface area (Å²) in [6.07, 6.45) is 6.46. The van der Waals surface area contributed by atoms with Crippen LogP contribution >= 0.6 is 0 Å². The molecule has 0 aromatic carbocycles. The van der Waals surface area contributed by atoms with Crippen LogP contribution in [-0.2, 0) is 0 Å². The Labute approximate surface area is 119 Å². The summed E-state index contributed by atoms with van der Waals surface area (Å²) in [6, 6.07) is 25.2. The Bertz CT molecular complexity index is 543. The molecule has 2 aromatic rings. The van der Waals surface area contributed by atoms with E-state index in [0.29, 0.717) is 0 Å². The minimum absolute atomic E-state index is 0.813. The van der Waals surface area contributed by atoms with E-state index in [4.69, 9.17) is 0 Å². The first-order valence-electron chi connectivity index (χ1n) is 6.37. The Morgan fingerprint density at radius 3 is 2.00 bits per heavy atom. The Balaban J connectivity index is 2.56. The lowest BCUT2D eigenvalue weighted by Gasteiger charge is -1.93. The van der Waals surface area contributed by atoms with Crippen molar-refractivity contribution in [3.05, 3.63) is 97.5 Å². The third-order valence-electron chi connectivity index (χ3n) is 2.44. The van der Waals surface area contributed by atoms with Crippen LogP contribution in [0, 0.1) is 6.20 Å². The highest BCUT2D eigenvalue weighted by atomic mass is 14.7. The van der Waals surface area contributed by atoms with Crippen LogP contribution in [0.2, 0.25) is 0 Å². The predicted molar refractivity (Wildman–Crippen MR) is 81.6 cm³/mol. The van der Waals surface area contributed by atoms with Gasteiger partial charge in [0.25, 0.3) is 0 Å². The predicted octanol–water partition coefficient (Wildman–Crippen LogP) is 4.19. The number of hydrogen-bond donors (Lipinski definition) is 0. The van der Waals surface area contributed by atoms with Gasteiger partial charge in [0.15, 0.2) is 0 Å². The molecule has 0 saturated heterocycles. The van der Waals surface area contributed by atoms with Gasteiger partial charge < -0.3 is 0 Å². The molecule has 0 fully saturated rings. The molecule has 0 aliphatic rings. The van der Waals surface area contributed by atoms with Gasteiger partial charge in [0, 0.05) is 18.0 Å². The van der Waals surface area contributed by atoms with E-state index in [1.807, 2.05) is 78.9 Å². The van der Waals surface area contributed by atoms with Crippen LogP contribution in [0.1, 0.15) is 0 Å². The monoisotopic (exact) mass is 259 g/mol. The first-order chi connectivity index (χ1) is 9.97. The van der Waals surface area contributed by atoms with Gasteiger partial charge >= 0.3 is 0 Å². The maximum Gasteiger partial charge on any atom is 0.0987 e. The lowest BCUT2D eigenvalue weighted by Crippen LogP contribution is -1.78. The van der Waals surface area contributed by atoms with E-state index in [-0.39, 0.29) is 0 Å². The summed E-state index contributed by atoms with van der Waals surface area (Å²) in [7, 11) is 0. The highest BCUT2D eigenvalue weighted by molar-refractivity contribution is 5.55. The summed E-state index contributed by atoms with van der Waals surface area (Å²) in [5.74, 6) is 0. The molecule has 0 atom stereocenters. The average molecular weight is 259 g/mol. The van der Waals surface area contributed by atoms with Crippen LogP contribution in [-0.4, -0.2) is 9.97 Å². The maximum atomic E-state index is 4.43. The zero-order chi connectivity index (χ0) is 13.9. The van der Waals surface area contributed by atoms with Crippen molar-refractivity contribution in [3.63, 3.8) is 0 Å². The van der Waals surface area contributed by atoms with Crippen molar-refractivity contribution in [1.82, 2.24) is 9.97 Å². The first-order valence-corrected chi connectivity index (χ1v) is 6.37. The fourth-order valence-electron chi connectivity index (χ4n) is 1.50. The zero-order valence-electron chi connectivity index (χ0n) is 11.1. The number of nitrogens with zero attached hydrogens (tertiary/aromatic N) is 2. The largest absolute Gasteiger partial charge is 0.256 e. The van der Waals surface area contributed by atoms with Crippen LogP contribution in [0.25, 0.3) is 11.3 Å². The van der Waals surface area contributed by atoms with E-state index in [0.717, 1.165) is 11.3 Å². The summed E-state index contributed by atoms with van der Waals surface area (Å²) >= 11 is 0. The fourth-order valence-corrected chi connectivity index (χ4v) is 1.50. The summed E-state index contributed by atoms with van der Waals surface area (Å²) < 4.78 is 0. The van der Waals surface area contributed by atoms with Gasteiger partial charge in [-0.15, -0.1) is 0 Å². The van der Waals surface area contributed by atoms with Crippen molar-refractivity contribution in [2.75, 3.05) is 0 Å². The molecule has 0 unspecified atom stereocenters. The van der Waals surface area contributed by atoms with Crippen molar-refractivity contribution in [2.24, 2.45) is 0 Å². The third-order valence-corrected chi connectivity index (χ3v) is 2.44. The van der Waals surface area contributed by atoms with Crippen LogP contribution in [0.3, 0.4) is 0 Å². The second kappa shape index (κ2) is 8.38. The van der Waals surface area contributed by atoms with Gasteiger partial charge in [-0.2, -0.15) is 0 Å². The molecule has 20 heavy (non-hydrogen) atoms. The van der Waals surface area contributed by atoms with Gasteiger partial charge in [-0.1, -0.05) is 60.7 Å². The highest BCUT2D eigenvalue weighted by Gasteiger charge is 1.93. The number of rotatable bonds is 1. The van der Waals surface area contributed by atoms with Crippen LogP contribution in [0.15, 0.2) is 91.3 Å². The minimum Gasteiger partial charge on any atom is -0.256 e. The molecule has 0 spiro atoms.